The van der Waals surface area contributed by atoms with Gasteiger partial charge in [-0.1, -0.05) is 18.2 Å². The van der Waals surface area contributed by atoms with Crippen molar-refractivity contribution in [2.45, 2.75) is 17.9 Å². The molecule has 1 aromatic heterocycles. The largest absolute Gasteiger partial charge is 0.337 e. The Hall–Kier alpha value is -2.15. The van der Waals surface area contributed by atoms with Crippen molar-refractivity contribution in [3.8, 4) is 0 Å². The Kier molecular flexibility index (Phi) is 3.74. The Morgan fingerprint density at radius 3 is 2.82 bits per heavy atom. The third kappa shape index (κ3) is 2.89. The molecule has 22 heavy (non-hydrogen) atoms. The molecule has 2 heterocycles. The van der Waals surface area contributed by atoms with Crippen molar-refractivity contribution >= 4 is 15.7 Å². The van der Waals surface area contributed by atoms with Gasteiger partial charge >= 0.3 is 0 Å². The summed E-state index contributed by atoms with van der Waals surface area (Å²) in [6.07, 6.45) is 3.68. The van der Waals surface area contributed by atoms with Crippen molar-refractivity contribution < 1.29 is 13.2 Å². The summed E-state index contributed by atoms with van der Waals surface area (Å²) in [7, 11) is -1.53. The average molecular weight is 319 g/mol. The molecule has 116 valence electrons. The Bertz CT molecular complexity index is 811. The van der Waals surface area contributed by atoms with Gasteiger partial charge in [-0.2, -0.15) is 5.10 Å². The van der Waals surface area contributed by atoms with Crippen LogP contribution in [0.1, 0.15) is 11.1 Å². The van der Waals surface area contributed by atoms with Crippen molar-refractivity contribution in [2.24, 2.45) is 7.05 Å². The van der Waals surface area contributed by atoms with E-state index in [1.165, 1.54) is 0 Å². The summed E-state index contributed by atoms with van der Waals surface area (Å²) < 4.78 is 26.2. The minimum Gasteiger partial charge on any atom is -0.337 e. The molecule has 0 atom stereocenters. The maximum Gasteiger partial charge on any atom is 0.227 e. The van der Waals surface area contributed by atoms with Gasteiger partial charge in [-0.15, -0.1) is 0 Å². The molecule has 1 aromatic carbocycles. The zero-order chi connectivity index (χ0) is 15.7. The quantitative estimate of drug-likeness (QED) is 0.820. The van der Waals surface area contributed by atoms with Crippen LogP contribution in [0, 0.1) is 0 Å². The van der Waals surface area contributed by atoms with Crippen LogP contribution < -0.4 is 0 Å². The van der Waals surface area contributed by atoms with Crippen LogP contribution in [0.15, 0.2) is 41.6 Å². The Morgan fingerprint density at radius 2 is 2.09 bits per heavy atom. The summed E-state index contributed by atoms with van der Waals surface area (Å²) in [5.41, 5.74) is 1.51. The molecule has 0 aliphatic carbocycles. The summed E-state index contributed by atoms with van der Waals surface area (Å²) in [6, 6.07) is 6.88. The van der Waals surface area contributed by atoms with Gasteiger partial charge in [0.2, 0.25) is 5.91 Å². The topological polar surface area (TPSA) is 72.3 Å². The Balaban J connectivity index is 1.83. The number of rotatable bonds is 2. The molecule has 0 saturated carbocycles. The molecule has 0 spiro atoms. The number of amides is 1. The number of aryl methyl sites for hydroxylation is 1. The summed E-state index contributed by atoms with van der Waals surface area (Å²) in [4.78, 5) is 14.4. The summed E-state index contributed by atoms with van der Waals surface area (Å²) >= 11 is 0. The predicted molar refractivity (Wildman–Crippen MR) is 80.8 cm³/mol. The molecule has 0 fully saturated rings. The number of benzene rings is 1. The van der Waals surface area contributed by atoms with Crippen molar-refractivity contribution in [3.63, 3.8) is 0 Å². The number of carbonyl (C=O) groups excluding carboxylic acids is 1. The van der Waals surface area contributed by atoms with E-state index in [2.05, 4.69) is 5.10 Å². The number of hydrogen-bond acceptors (Lipinski definition) is 4. The first kappa shape index (κ1) is 14.8. The molecule has 1 aliphatic heterocycles. The van der Waals surface area contributed by atoms with Crippen molar-refractivity contribution in [1.82, 2.24) is 14.7 Å². The molecule has 3 rings (SSSR count). The summed E-state index contributed by atoms with van der Waals surface area (Å²) in [6.45, 7) is 0.546. The highest BCUT2D eigenvalue weighted by atomic mass is 32.2. The van der Waals surface area contributed by atoms with Crippen LogP contribution in [0.25, 0.3) is 0 Å². The van der Waals surface area contributed by atoms with Crippen molar-refractivity contribution in [3.05, 3.63) is 47.8 Å². The van der Waals surface area contributed by atoms with E-state index in [0.29, 0.717) is 17.0 Å². The Morgan fingerprint density at radius 1 is 1.32 bits per heavy atom. The van der Waals surface area contributed by atoms with Gasteiger partial charge in [0.15, 0.2) is 9.84 Å². The van der Waals surface area contributed by atoms with E-state index in [4.69, 9.17) is 0 Å². The van der Waals surface area contributed by atoms with Gasteiger partial charge in [-0.3, -0.25) is 9.48 Å². The molecule has 0 unspecified atom stereocenters. The molecule has 7 heteroatoms. The third-order valence-corrected chi connectivity index (χ3v) is 5.55. The number of nitrogens with zero attached hydrogens (tertiary/aromatic N) is 3. The van der Waals surface area contributed by atoms with E-state index >= 15 is 0 Å². The lowest BCUT2D eigenvalue weighted by Crippen LogP contribution is -2.33. The fourth-order valence-electron chi connectivity index (χ4n) is 2.63. The maximum absolute atomic E-state index is 12.4. The fraction of sp³-hybridized carbons (Fsp3) is 0.333. The molecule has 0 bridgehead atoms. The van der Waals surface area contributed by atoms with Gasteiger partial charge < -0.3 is 4.90 Å². The molecule has 2 aromatic rings. The smallest absolute Gasteiger partial charge is 0.227 e. The maximum atomic E-state index is 12.4. The van der Waals surface area contributed by atoms with E-state index in [0.717, 1.165) is 5.56 Å². The minimum atomic E-state index is -3.32. The van der Waals surface area contributed by atoms with Crippen LogP contribution in [-0.4, -0.2) is 41.3 Å². The minimum absolute atomic E-state index is 0.0389. The Labute approximate surface area is 129 Å². The number of carbonyl (C=O) groups is 1. The van der Waals surface area contributed by atoms with Crippen LogP contribution in [0.4, 0.5) is 0 Å². The molecule has 1 aliphatic rings. The van der Waals surface area contributed by atoms with Gasteiger partial charge in [-0.25, -0.2) is 8.42 Å². The lowest BCUT2D eigenvalue weighted by Gasteiger charge is -2.20. The van der Waals surface area contributed by atoms with Crippen LogP contribution >= 0.6 is 0 Å². The standard InChI is InChI=1S/C15H17N3O3S/c1-17-10-12(9-16-17)8-15(19)18-6-7-22(20,21)14-5-3-2-4-13(14)11-18/h2-5,9-10H,6-8,11H2,1H3. The monoisotopic (exact) mass is 319 g/mol. The van der Waals surface area contributed by atoms with E-state index in [-0.39, 0.29) is 24.6 Å². The predicted octanol–water partition coefficient (Wildman–Crippen LogP) is 0.779. The highest BCUT2D eigenvalue weighted by Gasteiger charge is 2.27. The van der Waals surface area contributed by atoms with Crippen molar-refractivity contribution in [1.29, 1.82) is 0 Å². The normalized spacial score (nSPS) is 16.9. The van der Waals surface area contributed by atoms with E-state index in [1.54, 1.807) is 53.3 Å². The molecule has 1 amide bonds. The zero-order valence-corrected chi connectivity index (χ0v) is 13.1. The zero-order valence-electron chi connectivity index (χ0n) is 12.3. The highest BCUT2D eigenvalue weighted by molar-refractivity contribution is 7.91. The molecule has 0 radical (unpaired) electrons. The third-order valence-electron chi connectivity index (χ3n) is 3.77. The molecule has 0 N–H and O–H groups in total. The van der Waals surface area contributed by atoms with Gasteiger partial charge in [0.25, 0.3) is 0 Å². The fourth-order valence-corrected chi connectivity index (χ4v) is 4.12. The van der Waals surface area contributed by atoms with Gasteiger partial charge in [0.1, 0.15) is 0 Å². The molecule has 6 nitrogen and oxygen atoms in total. The number of fused-ring (bicyclic) bond motifs is 1. The summed E-state index contributed by atoms with van der Waals surface area (Å²) in [5, 5.41) is 4.04. The van der Waals surface area contributed by atoms with E-state index in [1.807, 2.05) is 0 Å². The number of aromatic nitrogens is 2. The number of sulfone groups is 1. The highest BCUT2D eigenvalue weighted by Crippen LogP contribution is 2.22. The number of hydrogen-bond donors (Lipinski definition) is 0. The SMILES string of the molecule is Cn1cc(CC(=O)N2CCS(=O)(=O)c3ccccc3C2)cn1. The second kappa shape index (κ2) is 5.57. The van der Waals surface area contributed by atoms with Crippen molar-refractivity contribution in [2.75, 3.05) is 12.3 Å². The molecular weight excluding hydrogens is 302 g/mol. The van der Waals surface area contributed by atoms with Crippen LogP contribution in [0.5, 0.6) is 0 Å². The second-order valence-electron chi connectivity index (χ2n) is 5.44. The van der Waals surface area contributed by atoms with Gasteiger partial charge in [0, 0.05) is 26.3 Å². The van der Waals surface area contributed by atoms with Crippen LogP contribution in [-0.2, 0) is 34.6 Å². The van der Waals surface area contributed by atoms with Gasteiger partial charge in [0.05, 0.1) is 23.3 Å². The first-order valence-corrected chi connectivity index (χ1v) is 8.67. The van der Waals surface area contributed by atoms with Crippen LogP contribution in [0.2, 0.25) is 0 Å². The van der Waals surface area contributed by atoms with E-state index in [9.17, 15) is 13.2 Å². The lowest BCUT2D eigenvalue weighted by atomic mass is 10.2. The second-order valence-corrected chi connectivity index (χ2v) is 7.52. The molecule has 0 saturated heterocycles. The van der Waals surface area contributed by atoms with E-state index < -0.39 is 9.84 Å². The average Bonchev–Trinajstić information content (AvgIpc) is 2.82. The lowest BCUT2D eigenvalue weighted by molar-refractivity contribution is -0.130. The first-order valence-electron chi connectivity index (χ1n) is 7.02. The first-order chi connectivity index (χ1) is 10.5. The summed E-state index contributed by atoms with van der Waals surface area (Å²) in [5.74, 6) is -0.122. The van der Waals surface area contributed by atoms with Gasteiger partial charge in [-0.05, 0) is 17.2 Å². The van der Waals surface area contributed by atoms with Crippen LogP contribution in [0.3, 0.4) is 0 Å². The molecular formula is C15H17N3O3S.